The molecular formula is C23H26ClN3O2S. The van der Waals surface area contributed by atoms with E-state index in [4.69, 9.17) is 16.3 Å². The molecule has 1 aromatic heterocycles. The number of aromatic nitrogens is 1. The van der Waals surface area contributed by atoms with Crippen LogP contribution >= 0.6 is 22.9 Å². The molecule has 3 rings (SSSR count). The Kier molecular flexibility index (Phi) is 7.34. The minimum absolute atomic E-state index is 0.111. The van der Waals surface area contributed by atoms with E-state index in [1.165, 1.54) is 16.9 Å². The van der Waals surface area contributed by atoms with Gasteiger partial charge in [0.2, 0.25) is 0 Å². The van der Waals surface area contributed by atoms with Crippen LogP contribution in [-0.4, -0.2) is 24.0 Å². The molecule has 0 radical (unpaired) electrons. The number of carbonyl (C=O) groups is 1. The fraction of sp³-hybridized carbons (Fsp3) is 0.304. The summed E-state index contributed by atoms with van der Waals surface area (Å²) >= 11 is 7.28. The van der Waals surface area contributed by atoms with Gasteiger partial charge in [-0.05, 0) is 35.2 Å². The lowest BCUT2D eigenvalue weighted by atomic mass is 9.87. The fourth-order valence-corrected chi connectivity index (χ4v) is 3.78. The third kappa shape index (κ3) is 6.21. The smallest absolute Gasteiger partial charge is 0.253 e. The maximum absolute atomic E-state index is 12.6. The van der Waals surface area contributed by atoms with Crippen molar-refractivity contribution in [2.24, 2.45) is 0 Å². The number of para-hydroxylation sites is 1. The summed E-state index contributed by atoms with van der Waals surface area (Å²) in [5.74, 6) is 0.648. The highest BCUT2D eigenvalue weighted by molar-refractivity contribution is 7.15. The van der Waals surface area contributed by atoms with Gasteiger partial charge in [0.15, 0.2) is 4.47 Å². The number of amides is 1. The first kappa shape index (κ1) is 22.1. The van der Waals surface area contributed by atoms with Crippen LogP contribution in [0.3, 0.4) is 0 Å². The van der Waals surface area contributed by atoms with Crippen molar-refractivity contribution in [2.45, 2.75) is 32.7 Å². The van der Waals surface area contributed by atoms with Gasteiger partial charge in [-0.3, -0.25) is 4.79 Å². The van der Waals surface area contributed by atoms with Gasteiger partial charge in [-0.25, -0.2) is 4.98 Å². The lowest BCUT2D eigenvalue weighted by molar-refractivity contribution is 0.0947. The minimum Gasteiger partial charge on any atom is -0.492 e. The first-order valence-corrected chi connectivity index (χ1v) is 11.0. The number of thiazole rings is 1. The van der Waals surface area contributed by atoms with Gasteiger partial charge >= 0.3 is 0 Å². The highest BCUT2D eigenvalue weighted by Gasteiger charge is 2.13. The minimum atomic E-state index is -0.146. The standard InChI is InChI=1S/C23H26ClN3O2S/c1-23(2,3)16-8-10-17(11-9-16)29-13-12-25-21(28)19-6-4-5-7-20(19)26-14-18-15-27-22(24)30-18/h4-11,15,26H,12-14H2,1-3H3,(H,25,28). The average molecular weight is 444 g/mol. The second-order valence-electron chi connectivity index (χ2n) is 7.86. The van der Waals surface area contributed by atoms with Crippen molar-refractivity contribution in [2.75, 3.05) is 18.5 Å². The number of rotatable bonds is 8. The summed E-state index contributed by atoms with van der Waals surface area (Å²) in [6, 6.07) is 15.5. The zero-order chi connectivity index (χ0) is 21.6. The highest BCUT2D eigenvalue weighted by atomic mass is 35.5. The van der Waals surface area contributed by atoms with E-state index in [0.717, 1.165) is 16.3 Å². The first-order valence-electron chi connectivity index (χ1n) is 9.77. The van der Waals surface area contributed by atoms with Crippen molar-refractivity contribution >= 4 is 34.5 Å². The molecule has 3 aromatic rings. The summed E-state index contributed by atoms with van der Waals surface area (Å²) in [4.78, 5) is 17.6. The maximum Gasteiger partial charge on any atom is 0.253 e. The molecule has 0 aliphatic carbocycles. The van der Waals surface area contributed by atoms with E-state index in [9.17, 15) is 4.79 Å². The number of anilines is 1. The number of nitrogens with one attached hydrogen (secondary N) is 2. The van der Waals surface area contributed by atoms with Crippen LogP contribution < -0.4 is 15.4 Å². The summed E-state index contributed by atoms with van der Waals surface area (Å²) in [5.41, 5.74) is 2.72. The Hall–Kier alpha value is -2.57. The van der Waals surface area contributed by atoms with Crippen LogP contribution in [0.2, 0.25) is 4.47 Å². The van der Waals surface area contributed by atoms with Crippen molar-refractivity contribution in [3.8, 4) is 5.75 Å². The maximum atomic E-state index is 12.6. The Bertz CT molecular complexity index is 981. The number of carbonyl (C=O) groups excluding carboxylic acids is 1. The van der Waals surface area contributed by atoms with Crippen LogP contribution in [0.15, 0.2) is 54.7 Å². The zero-order valence-corrected chi connectivity index (χ0v) is 18.9. The van der Waals surface area contributed by atoms with Crippen LogP contribution in [0.1, 0.15) is 41.6 Å². The van der Waals surface area contributed by atoms with Crippen LogP contribution in [0, 0.1) is 0 Å². The van der Waals surface area contributed by atoms with Crippen LogP contribution in [0.25, 0.3) is 0 Å². The molecule has 0 unspecified atom stereocenters. The van der Waals surface area contributed by atoms with Gasteiger partial charge in [-0.15, -0.1) is 11.3 Å². The quantitative estimate of drug-likeness (QED) is 0.450. The molecule has 0 atom stereocenters. The van der Waals surface area contributed by atoms with Crippen molar-refractivity contribution in [3.05, 3.63) is 75.2 Å². The normalized spacial score (nSPS) is 11.2. The number of benzene rings is 2. The molecule has 158 valence electrons. The third-order valence-corrected chi connectivity index (χ3v) is 5.64. The van der Waals surface area contributed by atoms with Crippen molar-refractivity contribution < 1.29 is 9.53 Å². The molecule has 0 spiro atoms. The molecule has 2 aromatic carbocycles. The number of halogens is 1. The first-order chi connectivity index (χ1) is 14.3. The molecule has 0 aliphatic heterocycles. The summed E-state index contributed by atoms with van der Waals surface area (Å²) < 4.78 is 6.25. The molecule has 5 nitrogen and oxygen atoms in total. The molecule has 2 N–H and O–H groups in total. The van der Waals surface area contributed by atoms with E-state index in [-0.39, 0.29) is 11.3 Å². The van der Waals surface area contributed by atoms with Crippen molar-refractivity contribution in [1.82, 2.24) is 10.3 Å². The molecule has 1 heterocycles. The second kappa shape index (κ2) is 9.96. The molecule has 30 heavy (non-hydrogen) atoms. The fourth-order valence-electron chi connectivity index (χ4n) is 2.86. The summed E-state index contributed by atoms with van der Waals surface area (Å²) in [7, 11) is 0. The van der Waals surface area contributed by atoms with E-state index in [0.29, 0.717) is 29.7 Å². The van der Waals surface area contributed by atoms with Crippen LogP contribution in [0.5, 0.6) is 5.75 Å². The Morgan fingerprint density at radius 3 is 2.53 bits per heavy atom. The molecular weight excluding hydrogens is 418 g/mol. The molecule has 0 fully saturated rings. The van der Waals surface area contributed by atoms with Crippen molar-refractivity contribution in [3.63, 3.8) is 0 Å². The monoisotopic (exact) mass is 443 g/mol. The summed E-state index contributed by atoms with van der Waals surface area (Å²) in [6.45, 7) is 7.91. The summed E-state index contributed by atoms with van der Waals surface area (Å²) in [6.07, 6.45) is 1.73. The lowest BCUT2D eigenvalue weighted by Gasteiger charge is -2.19. The molecule has 0 saturated carbocycles. The Labute approximate surface area is 186 Å². The van der Waals surface area contributed by atoms with E-state index < -0.39 is 0 Å². The predicted octanol–water partition coefficient (Wildman–Crippen LogP) is 5.51. The molecule has 0 aliphatic rings. The van der Waals surface area contributed by atoms with Crippen molar-refractivity contribution in [1.29, 1.82) is 0 Å². The molecule has 7 heteroatoms. The Morgan fingerprint density at radius 2 is 1.87 bits per heavy atom. The molecule has 0 bridgehead atoms. The van der Waals surface area contributed by atoms with Gasteiger partial charge in [-0.1, -0.05) is 56.6 Å². The van der Waals surface area contributed by atoms with Gasteiger partial charge in [0, 0.05) is 16.8 Å². The van der Waals surface area contributed by atoms with Gasteiger partial charge in [0.1, 0.15) is 12.4 Å². The average Bonchev–Trinajstić information content (AvgIpc) is 3.14. The Morgan fingerprint density at radius 1 is 1.13 bits per heavy atom. The van der Waals surface area contributed by atoms with Gasteiger partial charge in [-0.2, -0.15) is 0 Å². The second-order valence-corrected chi connectivity index (χ2v) is 9.55. The molecule has 1 amide bonds. The van der Waals surface area contributed by atoms with Gasteiger partial charge in [0.05, 0.1) is 18.7 Å². The zero-order valence-electron chi connectivity index (χ0n) is 17.4. The van der Waals surface area contributed by atoms with E-state index in [2.05, 4.69) is 48.5 Å². The van der Waals surface area contributed by atoms with E-state index in [1.807, 2.05) is 30.3 Å². The number of hydrogen-bond acceptors (Lipinski definition) is 5. The topological polar surface area (TPSA) is 63.2 Å². The van der Waals surface area contributed by atoms with Gasteiger partial charge in [0.25, 0.3) is 5.91 Å². The van der Waals surface area contributed by atoms with Gasteiger partial charge < -0.3 is 15.4 Å². The number of nitrogens with zero attached hydrogens (tertiary/aromatic N) is 1. The van der Waals surface area contributed by atoms with Crippen LogP contribution in [-0.2, 0) is 12.0 Å². The summed E-state index contributed by atoms with van der Waals surface area (Å²) in [5, 5.41) is 6.19. The number of hydrogen-bond donors (Lipinski definition) is 2. The Balaban J connectivity index is 1.49. The van der Waals surface area contributed by atoms with E-state index in [1.54, 1.807) is 12.3 Å². The molecule has 0 saturated heterocycles. The van der Waals surface area contributed by atoms with Crippen LogP contribution in [0.4, 0.5) is 5.69 Å². The lowest BCUT2D eigenvalue weighted by Crippen LogP contribution is -2.28. The number of ether oxygens (including phenoxy) is 1. The SMILES string of the molecule is CC(C)(C)c1ccc(OCCNC(=O)c2ccccc2NCc2cnc(Cl)s2)cc1. The largest absolute Gasteiger partial charge is 0.492 e. The highest BCUT2D eigenvalue weighted by Crippen LogP contribution is 2.24. The predicted molar refractivity (Wildman–Crippen MR) is 124 cm³/mol. The third-order valence-electron chi connectivity index (χ3n) is 4.53. The van der Waals surface area contributed by atoms with E-state index >= 15 is 0 Å².